The lowest BCUT2D eigenvalue weighted by Crippen LogP contribution is -2.37. The van der Waals surface area contributed by atoms with Crippen molar-refractivity contribution in [1.82, 2.24) is 4.98 Å². The molecule has 14 heavy (non-hydrogen) atoms. The van der Waals surface area contributed by atoms with Gasteiger partial charge in [0.05, 0.1) is 0 Å². The topological polar surface area (TPSA) is 76.3 Å². The molecule has 76 valence electrons. The van der Waals surface area contributed by atoms with E-state index in [1.54, 1.807) is 6.07 Å². The van der Waals surface area contributed by atoms with E-state index in [0.29, 0.717) is 0 Å². The van der Waals surface area contributed by atoms with Gasteiger partial charge in [-0.25, -0.2) is 18.5 Å². The number of hydrogen-bond acceptors (Lipinski definition) is 4. The van der Waals surface area contributed by atoms with E-state index in [2.05, 4.69) is 9.88 Å². The summed E-state index contributed by atoms with van der Waals surface area (Å²) in [4.78, 5) is 6.17. The van der Waals surface area contributed by atoms with Gasteiger partial charge >= 0.3 is 0 Å². The van der Waals surface area contributed by atoms with E-state index < -0.39 is 10.0 Å². The summed E-state index contributed by atoms with van der Waals surface area (Å²) >= 11 is 0. The van der Waals surface area contributed by atoms with Gasteiger partial charge < -0.3 is 4.90 Å². The molecule has 0 aliphatic carbocycles. The summed E-state index contributed by atoms with van der Waals surface area (Å²) in [6.07, 6.45) is 2.46. The summed E-state index contributed by atoms with van der Waals surface area (Å²) in [5.74, 6) is 0.809. The lowest BCUT2D eigenvalue weighted by Gasteiger charge is -2.31. The molecule has 0 spiro atoms. The molecule has 2 heterocycles. The second-order valence-corrected chi connectivity index (χ2v) is 4.80. The van der Waals surface area contributed by atoms with Gasteiger partial charge in [0.15, 0.2) is 0 Å². The van der Waals surface area contributed by atoms with Crippen LogP contribution in [0, 0.1) is 0 Å². The highest BCUT2D eigenvalue weighted by Gasteiger charge is 2.16. The van der Waals surface area contributed by atoms with Gasteiger partial charge in [-0.1, -0.05) is 0 Å². The maximum absolute atomic E-state index is 10.9. The molecule has 0 amide bonds. The second-order valence-electron chi connectivity index (χ2n) is 3.24. The molecule has 0 bridgehead atoms. The molecule has 0 atom stereocenters. The number of hydrogen-bond donors (Lipinski definition) is 1. The van der Waals surface area contributed by atoms with Crippen molar-refractivity contribution >= 4 is 15.8 Å². The Morgan fingerprint density at radius 2 is 2.07 bits per heavy atom. The minimum atomic E-state index is -3.62. The fraction of sp³-hybridized carbons (Fsp3) is 0.375. The number of anilines is 1. The fourth-order valence-corrected chi connectivity index (χ4v) is 1.73. The first-order valence-electron chi connectivity index (χ1n) is 4.31. The van der Waals surface area contributed by atoms with Crippen LogP contribution in [-0.4, -0.2) is 26.5 Å². The van der Waals surface area contributed by atoms with Gasteiger partial charge in [0.2, 0.25) is 10.0 Å². The molecule has 1 aliphatic heterocycles. The standard InChI is InChI=1S/C8H11N3O2S/c9-14(12,13)7-2-3-8(10-6-7)11-4-1-5-11/h2-3,6H,1,4-5H2,(H2,9,12,13). The Hall–Kier alpha value is -1.14. The average Bonchev–Trinajstić information content (AvgIpc) is 2.00. The molecule has 6 heteroatoms. The van der Waals surface area contributed by atoms with E-state index in [0.717, 1.165) is 18.9 Å². The van der Waals surface area contributed by atoms with Crippen molar-refractivity contribution in [2.75, 3.05) is 18.0 Å². The molecular weight excluding hydrogens is 202 g/mol. The Morgan fingerprint density at radius 1 is 1.36 bits per heavy atom. The molecule has 1 aliphatic rings. The molecule has 0 aromatic carbocycles. The van der Waals surface area contributed by atoms with E-state index in [1.807, 2.05) is 0 Å². The highest BCUT2D eigenvalue weighted by molar-refractivity contribution is 7.89. The van der Waals surface area contributed by atoms with Crippen LogP contribution in [0.2, 0.25) is 0 Å². The second kappa shape index (κ2) is 3.21. The molecule has 0 radical (unpaired) electrons. The van der Waals surface area contributed by atoms with Gasteiger partial charge in [0.25, 0.3) is 0 Å². The lowest BCUT2D eigenvalue weighted by molar-refractivity contribution is 0.595. The molecule has 2 N–H and O–H groups in total. The lowest BCUT2D eigenvalue weighted by atomic mass is 10.2. The van der Waals surface area contributed by atoms with E-state index >= 15 is 0 Å². The summed E-state index contributed by atoms with van der Waals surface area (Å²) in [5, 5.41) is 4.95. The zero-order valence-corrected chi connectivity index (χ0v) is 8.37. The largest absolute Gasteiger partial charge is 0.356 e. The Labute approximate surface area is 82.6 Å². The monoisotopic (exact) mass is 213 g/mol. The van der Waals surface area contributed by atoms with Crippen molar-refractivity contribution in [3.63, 3.8) is 0 Å². The first kappa shape index (κ1) is 9.42. The van der Waals surface area contributed by atoms with Gasteiger partial charge in [-0.15, -0.1) is 0 Å². The van der Waals surface area contributed by atoms with Crippen LogP contribution in [-0.2, 0) is 10.0 Å². The Bertz CT molecular complexity index is 422. The molecular formula is C8H11N3O2S. The minimum absolute atomic E-state index is 0.0572. The maximum Gasteiger partial charge on any atom is 0.239 e. The number of nitrogens with zero attached hydrogens (tertiary/aromatic N) is 2. The third-order valence-corrected chi connectivity index (χ3v) is 3.13. The van der Waals surface area contributed by atoms with Gasteiger partial charge in [-0.2, -0.15) is 0 Å². The van der Waals surface area contributed by atoms with Gasteiger partial charge in [0.1, 0.15) is 10.7 Å². The molecule has 1 aromatic heterocycles. The number of primary sulfonamides is 1. The zero-order valence-electron chi connectivity index (χ0n) is 7.55. The molecule has 1 aromatic rings. The highest BCUT2D eigenvalue weighted by atomic mass is 32.2. The third-order valence-electron chi connectivity index (χ3n) is 2.23. The fourth-order valence-electron chi connectivity index (χ4n) is 1.27. The van der Waals surface area contributed by atoms with Crippen LogP contribution in [0.25, 0.3) is 0 Å². The molecule has 1 saturated heterocycles. The molecule has 2 rings (SSSR count). The van der Waals surface area contributed by atoms with Crippen LogP contribution in [0.15, 0.2) is 23.2 Å². The number of sulfonamides is 1. The van der Waals surface area contributed by atoms with Crippen LogP contribution in [0.3, 0.4) is 0 Å². The minimum Gasteiger partial charge on any atom is -0.356 e. The Morgan fingerprint density at radius 3 is 2.43 bits per heavy atom. The van der Waals surface area contributed by atoms with E-state index in [1.165, 1.54) is 18.7 Å². The number of nitrogens with two attached hydrogens (primary N) is 1. The highest BCUT2D eigenvalue weighted by Crippen LogP contribution is 2.18. The first-order chi connectivity index (χ1) is 6.57. The maximum atomic E-state index is 10.9. The van der Waals surface area contributed by atoms with Crippen LogP contribution in [0.5, 0.6) is 0 Å². The number of pyridine rings is 1. The van der Waals surface area contributed by atoms with Crippen molar-refractivity contribution in [1.29, 1.82) is 0 Å². The molecule has 1 fully saturated rings. The summed E-state index contributed by atoms with van der Waals surface area (Å²) in [5.41, 5.74) is 0. The molecule has 0 unspecified atom stereocenters. The predicted octanol–water partition coefficient (Wildman–Crippen LogP) is -0.0609. The third kappa shape index (κ3) is 1.71. The van der Waals surface area contributed by atoms with Gasteiger partial charge in [-0.05, 0) is 18.6 Å². The van der Waals surface area contributed by atoms with Crippen LogP contribution in [0.4, 0.5) is 5.82 Å². The number of aromatic nitrogens is 1. The van der Waals surface area contributed by atoms with Gasteiger partial charge in [0, 0.05) is 19.3 Å². The Kier molecular flexibility index (Phi) is 2.16. The summed E-state index contributed by atoms with van der Waals surface area (Å²) in [7, 11) is -3.62. The quantitative estimate of drug-likeness (QED) is 0.746. The summed E-state index contributed by atoms with van der Waals surface area (Å²) < 4.78 is 21.8. The van der Waals surface area contributed by atoms with Crippen LogP contribution < -0.4 is 10.0 Å². The van der Waals surface area contributed by atoms with E-state index in [-0.39, 0.29) is 4.90 Å². The zero-order chi connectivity index (χ0) is 10.2. The number of rotatable bonds is 2. The summed E-state index contributed by atoms with van der Waals surface area (Å²) in [6, 6.07) is 3.16. The molecule has 5 nitrogen and oxygen atoms in total. The normalized spacial score (nSPS) is 16.5. The van der Waals surface area contributed by atoms with Crippen LogP contribution in [0.1, 0.15) is 6.42 Å². The first-order valence-corrected chi connectivity index (χ1v) is 5.86. The van der Waals surface area contributed by atoms with Crippen molar-refractivity contribution < 1.29 is 8.42 Å². The van der Waals surface area contributed by atoms with E-state index in [9.17, 15) is 8.42 Å². The van der Waals surface area contributed by atoms with Gasteiger partial charge in [-0.3, -0.25) is 0 Å². The SMILES string of the molecule is NS(=O)(=O)c1ccc(N2CCC2)nc1. The Balaban J connectivity index is 2.26. The summed E-state index contributed by atoms with van der Waals surface area (Å²) in [6.45, 7) is 1.98. The van der Waals surface area contributed by atoms with Crippen molar-refractivity contribution in [3.8, 4) is 0 Å². The van der Waals surface area contributed by atoms with Crippen molar-refractivity contribution in [2.24, 2.45) is 5.14 Å². The average molecular weight is 213 g/mol. The van der Waals surface area contributed by atoms with Crippen LogP contribution >= 0.6 is 0 Å². The van der Waals surface area contributed by atoms with Crippen molar-refractivity contribution in [2.45, 2.75) is 11.3 Å². The van der Waals surface area contributed by atoms with Crippen molar-refractivity contribution in [3.05, 3.63) is 18.3 Å². The smallest absolute Gasteiger partial charge is 0.239 e. The molecule has 0 saturated carbocycles. The van der Waals surface area contributed by atoms with E-state index in [4.69, 9.17) is 5.14 Å². The predicted molar refractivity (Wildman–Crippen MR) is 52.4 cm³/mol.